The lowest BCUT2D eigenvalue weighted by Crippen LogP contribution is -2.28. The molecule has 2 aromatic rings. The van der Waals surface area contributed by atoms with Crippen LogP contribution in [0.1, 0.15) is 31.1 Å². The average Bonchev–Trinajstić information content (AvgIpc) is 3.02. The largest absolute Gasteiger partial charge is 0.458 e. The van der Waals surface area contributed by atoms with Crippen LogP contribution in [0.4, 0.5) is 0 Å². The van der Waals surface area contributed by atoms with Crippen molar-refractivity contribution in [2.24, 2.45) is 5.92 Å². The molecular formula is C13H14N2O. The number of fused-ring (bicyclic) bond motifs is 3. The van der Waals surface area contributed by atoms with Gasteiger partial charge < -0.3 is 9.73 Å². The Balaban J connectivity index is 1.76. The summed E-state index contributed by atoms with van der Waals surface area (Å²) in [6, 6.07) is 7.14. The summed E-state index contributed by atoms with van der Waals surface area (Å²) in [5, 5.41) is 3.65. The second kappa shape index (κ2) is 3.08. The maximum atomic E-state index is 5.88. The van der Waals surface area contributed by atoms with Gasteiger partial charge in [-0.15, -0.1) is 0 Å². The fourth-order valence-electron chi connectivity index (χ4n) is 3.22. The van der Waals surface area contributed by atoms with Gasteiger partial charge in [0.25, 0.3) is 0 Å². The standard InChI is InChI=1S/C13H14N2O/c1-2-11-10(14-5-1)7-12(16-11)13-8-3-4-9(6-8)15-13/h1-2,5,7-9,13,15H,3-4,6H2/t8-,9+,13-/m0/s1. The van der Waals surface area contributed by atoms with Gasteiger partial charge in [0, 0.05) is 18.3 Å². The monoisotopic (exact) mass is 214 g/mol. The first-order valence-corrected chi connectivity index (χ1v) is 6.01. The van der Waals surface area contributed by atoms with Gasteiger partial charge in [-0.1, -0.05) is 0 Å². The van der Waals surface area contributed by atoms with Crippen molar-refractivity contribution in [3.63, 3.8) is 0 Å². The summed E-state index contributed by atoms with van der Waals surface area (Å²) in [4.78, 5) is 4.31. The Bertz CT molecular complexity index is 500. The van der Waals surface area contributed by atoms with E-state index in [1.807, 2.05) is 18.3 Å². The van der Waals surface area contributed by atoms with Crippen LogP contribution in [-0.4, -0.2) is 11.0 Å². The number of aromatic nitrogens is 1. The van der Waals surface area contributed by atoms with Gasteiger partial charge in [-0.3, -0.25) is 4.98 Å². The Morgan fingerprint density at radius 3 is 3.12 bits per heavy atom. The summed E-state index contributed by atoms with van der Waals surface area (Å²) < 4.78 is 5.88. The van der Waals surface area contributed by atoms with Crippen LogP contribution in [0.2, 0.25) is 0 Å². The first kappa shape index (κ1) is 8.76. The summed E-state index contributed by atoms with van der Waals surface area (Å²) >= 11 is 0. The first-order valence-electron chi connectivity index (χ1n) is 6.01. The molecule has 0 radical (unpaired) electrons. The zero-order valence-electron chi connectivity index (χ0n) is 9.02. The highest BCUT2D eigenvalue weighted by Crippen LogP contribution is 2.43. The van der Waals surface area contributed by atoms with E-state index in [9.17, 15) is 0 Å². The van der Waals surface area contributed by atoms with Crippen molar-refractivity contribution >= 4 is 11.1 Å². The maximum Gasteiger partial charge on any atom is 0.152 e. The Morgan fingerprint density at radius 2 is 2.38 bits per heavy atom. The molecule has 2 aromatic heterocycles. The Labute approximate surface area is 93.9 Å². The van der Waals surface area contributed by atoms with E-state index in [2.05, 4.69) is 16.4 Å². The predicted molar refractivity (Wildman–Crippen MR) is 61.0 cm³/mol. The van der Waals surface area contributed by atoms with Crippen LogP contribution >= 0.6 is 0 Å². The molecule has 1 N–H and O–H groups in total. The number of piperidine rings is 1. The molecule has 3 heterocycles. The molecule has 4 rings (SSSR count). The van der Waals surface area contributed by atoms with E-state index in [4.69, 9.17) is 4.42 Å². The third-order valence-corrected chi connectivity index (χ3v) is 3.97. The summed E-state index contributed by atoms with van der Waals surface area (Å²) in [6.07, 6.45) is 5.80. The van der Waals surface area contributed by atoms with Crippen molar-refractivity contribution in [3.05, 3.63) is 30.2 Å². The Morgan fingerprint density at radius 1 is 1.38 bits per heavy atom. The quantitative estimate of drug-likeness (QED) is 0.793. The van der Waals surface area contributed by atoms with Crippen molar-refractivity contribution in [1.82, 2.24) is 10.3 Å². The lowest BCUT2D eigenvalue weighted by Gasteiger charge is -2.20. The maximum absolute atomic E-state index is 5.88. The molecule has 1 saturated carbocycles. The fraction of sp³-hybridized carbons (Fsp3) is 0.462. The smallest absolute Gasteiger partial charge is 0.152 e. The number of hydrogen-bond donors (Lipinski definition) is 1. The van der Waals surface area contributed by atoms with Gasteiger partial charge in [0.2, 0.25) is 0 Å². The number of furan rings is 1. The lowest BCUT2D eigenvalue weighted by atomic mass is 9.98. The van der Waals surface area contributed by atoms with Gasteiger partial charge in [-0.25, -0.2) is 0 Å². The van der Waals surface area contributed by atoms with Crippen molar-refractivity contribution in [2.75, 3.05) is 0 Å². The molecule has 82 valence electrons. The van der Waals surface area contributed by atoms with E-state index >= 15 is 0 Å². The molecule has 2 fully saturated rings. The van der Waals surface area contributed by atoms with Gasteiger partial charge >= 0.3 is 0 Å². The molecule has 0 amide bonds. The second-order valence-electron chi connectivity index (χ2n) is 4.95. The molecule has 2 aliphatic rings. The summed E-state index contributed by atoms with van der Waals surface area (Å²) in [5.74, 6) is 1.84. The molecule has 2 bridgehead atoms. The predicted octanol–water partition coefficient (Wildman–Crippen LogP) is 2.64. The molecular weight excluding hydrogens is 200 g/mol. The van der Waals surface area contributed by atoms with Gasteiger partial charge in [-0.2, -0.15) is 0 Å². The third-order valence-electron chi connectivity index (χ3n) is 3.97. The van der Waals surface area contributed by atoms with E-state index in [1.165, 1.54) is 19.3 Å². The zero-order chi connectivity index (χ0) is 10.5. The van der Waals surface area contributed by atoms with E-state index in [0.29, 0.717) is 6.04 Å². The third kappa shape index (κ3) is 1.15. The van der Waals surface area contributed by atoms with Crippen molar-refractivity contribution in [3.8, 4) is 0 Å². The summed E-state index contributed by atoms with van der Waals surface area (Å²) in [6.45, 7) is 0. The van der Waals surface area contributed by atoms with Crippen LogP contribution in [0.25, 0.3) is 11.1 Å². The molecule has 16 heavy (non-hydrogen) atoms. The van der Waals surface area contributed by atoms with Gasteiger partial charge in [0.1, 0.15) is 11.3 Å². The Hall–Kier alpha value is -1.35. The molecule has 3 heteroatoms. The van der Waals surface area contributed by atoms with Crippen LogP contribution in [0.15, 0.2) is 28.8 Å². The van der Waals surface area contributed by atoms with Gasteiger partial charge in [0.15, 0.2) is 5.58 Å². The summed E-state index contributed by atoms with van der Waals surface area (Å²) in [7, 11) is 0. The van der Waals surface area contributed by atoms with Crippen LogP contribution in [0, 0.1) is 5.92 Å². The highest BCUT2D eigenvalue weighted by Gasteiger charge is 2.41. The van der Waals surface area contributed by atoms with E-state index in [-0.39, 0.29) is 0 Å². The highest BCUT2D eigenvalue weighted by molar-refractivity contribution is 5.72. The van der Waals surface area contributed by atoms with Crippen molar-refractivity contribution in [2.45, 2.75) is 31.3 Å². The zero-order valence-corrected chi connectivity index (χ0v) is 9.02. The van der Waals surface area contributed by atoms with Crippen LogP contribution in [0.5, 0.6) is 0 Å². The number of nitrogens with one attached hydrogen (secondary N) is 1. The fourth-order valence-corrected chi connectivity index (χ4v) is 3.22. The van der Waals surface area contributed by atoms with Crippen LogP contribution < -0.4 is 5.32 Å². The SMILES string of the molecule is c1cnc2cc([C@H]3N[C@@H]4CC[C@H]3C4)oc2c1. The molecule has 1 aliphatic heterocycles. The van der Waals surface area contributed by atoms with E-state index in [1.54, 1.807) is 0 Å². The van der Waals surface area contributed by atoms with E-state index < -0.39 is 0 Å². The summed E-state index contributed by atoms with van der Waals surface area (Å²) in [5.41, 5.74) is 1.88. The molecule has 0 spiro atoms. The van der Waals surface area contributed by atoms with Gasteiger partial charge in [0.05, 0.1) is 6.04 Å². The molecule has 0 aromatic carbocycles. The minimum atomic E-state index is 0.424. The van der Waals surface area contributed by atoms with Crippen molar-refractivity contribution in [1.29, 1.82) is 0 Å². The topological polar surface area (TPSA) is 38.1 Å². The van der Waals surface area contributed by atoms with E-state index in [0.717, 1.165) is 28.8 Å². The van der Waals surface area contributed by atoms with Crippen molar-refractivity contribution < 1.29 is 4.42 Å². The molecule has 0 unspecified atom stereocenters. The van der Waals surface area contributed by atoms with Gasteiger partial charge in [-0.05, 0) is 37.3 Å². The molecule has 1 aliphatic carbocycles. The Kier molecular flexibility index (Phi) is 1.68. The molecule has 1 saturated heterocycles. The molecule has 3 atom stereocenters. The minimum absolute atomic E-state index is 0.424. The average molecular weight is 214 g/mol. The number of pyridine rings is 1. The highest BCUT2D eigenvalue weighted by atomic mass is 16.3. The minimum Gasteiger partial charge on any atom is -0.458 e. The normalized spacial score (nSPS) is 32.6. The number of nitrogens with zero attached hydrogens (tertiary/aromatic N) is 1. The lowest BCUT2D eigenvalue weighted by molar-refractivity contribution is 0.340. The van der Waals surface area contributed by atoms with Crippen LogP contribution in [0.3, 0.4) is 0 Å². The second-order valence-corrected chi connectivity index (χ2v) is 4.95. The first-order chi connectivity index (χ1) is 7.90. The molecule has 3 nitrogen and oxygen atoms in total. The number of hydrogen-bond acceptors (Lipinski definition) is 3. The number of rotatable bonds is 1. The van der Waals surface area contributed by atoms with Crippen LogP contribution in [-0.2, 0) is 0 Å².